The molecular formula is C12H17N3O2. The van der Waals surface area contributed by atoms with E-state index in [-0.39, 0.29) is 17.5 Å². The number of likely N-dealkylation sites (tertiary alicyclic amines) is 1. The van der Waals surface area contributed by atoms with Crippen LogP contribution in [0.15, 0.2) is 29.2 Å². The Labute approximate surface area is 99.8 Å². The summed E-state index contributed by atoms with van der Waals surface area (Å²) in [5.41, 5.74) is 5.78. The first-order valence-corrected chi connectivity index (χ1v) is 5.85. The molecule has 5 heteroatoms. The summed E-state index contributed by atoms with van der Waals surface area (Å²) in [6, 6.07) is 5.11. The van der Waals surface area contributed by atoms with Gasteiger partial charge in [0.05, 0.1) is 0 Å². The van der Waals surface area contributed by atoms with Gasteiger partial charge < -0.3 is 15.2 Å². The maximum absolute atomic E-state index is 11.6. The summed E-state index contributed by atoms with van der Waals surface area (Å²) in [6.45, 7) is 1.68. The molecule has 1 atom stereocenters. The number of nitrogens with two attached hydrogens (primary N) is 1. The van der Waals surface area contributed by atoms with Gasteiger partial charge in [-0.15, -0.1) is 0 Å². The van der Waals surface area contributed by atoms with E-state index in [1.54, 1.807) is 21.7 Å². The third-order valence-electron chi connectivity index (χ3n) is 3.05. The molecule has 2 rings (SSSR count). The maximum atomic E-state index is 11.6. The molecule has 0 saturated carbocycles. The van der Waals surface area contributed by atoms with E-state index in [1.807, 2.05) is 6.07 Å². The van der Waals surface area contributed by atoms with Gasteiger partial charge in [-0.05, 0) is 12.5 Å². The zero-order chi connectivity index (χ0) is 12.3. The lowest BCUT2D eigenvalue weighted by Gasteiger charge is -2.30. The van der Waals surface area contributed by atoms with Crippen molar-refractivity contribution < 1.29 is 4.79 Å². The number of aromatic nitrogens is 1. The molecule has 17 heavy (non-hydrogen) atoms. The average Bonchev–Trinajstić information content (AvgIpc) is 2.32. The van der Waals surface area contributed by atoms with Crippen molar-refractivity contribution in [2.24, 2.45) is 5.73 Å². The Morgan fingerprint density at radius 2 is 2.12 bits per heavy atom. The lowest BCUT2D eigenvalue weighted by atomic mass is 10.1. The highest BCUT2D eigenvalue weighted by atomic mass is 16.2. The van der Waals surface area contributed by atoms with Crippen LogP contribution in [0.4, 0.5) is 0 Å². The molecule has 1 aromatic rings. The molecule has 2 heterocycles. The highest BCUT2D eigenvalue weighted by Crippen LogP contribution is 2.09. The molecule has 1 saturated heterocycles. The second-order valence-corrected chi connectivity index (χ2v) is 4.37. The summed E-state index contributed by atoms with van der Waals surface area (Å²) in [4.78, 5) is 24.8. The van der Waals surface area contributed by atoms with Crippen LogP contribution in [0.5, 0.6) is 0 Å². The fourth-order valence-electron chi connectivity index (χ4n) is 2.03. The lowest BCUT2D eigenvalue weighted by Crippen LogP contribution is -2.47. The highest BCUT2D eigenvalue weighted by molar-refractivity contribution is 5.77. The molecule has 0 spiro atoms. The minimum Gasteiger partial charge on any atom is -0.339 e. The third-order valence-corrected chi connectivity index (χ3v) is 3.05. The van der Waals surface area contributed by atoms with Gasteiger partial charge in [0.25, 0.3) is 5.56 Å². The molecule has 92 valence electrons. The van der Waals surface area contributed by atoms with Gasteiger partial charge in [0.1, 0.15) is 0 Å². The van der Waals surface area contributed by atoms with Gasteiger partial charge in [-0.1, -0.05) is 6.07 Å². The molecule has 5 nitrogen and oxygen atoms in total. The van der Waals surface area contributed by atoms with E-state index in [2.05, 4.69) is 0 Å². The van der Waals surface area contributed by atoms with Crippen LogP contribution in [0, 0.1) is 0 Å². The fourth-order valence-corrected chi connectivity index (χ4v) is 2.03. The van der Waals surface area contributed by atoms with Crippen molar-refractivity contribution in [2.75, 3.05) is 13.1 Å². The minimum absolute atomic E-state index is 0.0405. The third kappa shape index (κ3) is 2.94. The summed E-state index contributed by atoms with van der Waals surface area (Å²) in [6.07, 6.45) is 3.02. The topological polar surface area (TPSA) is 68.3 Å². The molecule has 0 bridgehead atoms. The predicted molar refractivity (Wildman–Crippen MR) is 64.5 cm³/mol. The average molecular weight is 235 g/mol. The van der Waals surface area contributed by atoms with Crippen molar-refractivity contribution in [1.82, 2.24) is 9.47 Å². The number of rotatable bonds is 3. The Morgan fingerprint density at radius 1 is 1.29 bits per heavy atom. The predicted octanol–water partition coefficient (Wildman–Crippen LogP) is -0.202. The molecule has 1 aliphatic rings. The van der Waals surface area contributed by atoms with Crippen molar-refractivity contribution in [2.45, 2.75) is 25.4 Å². The molecular weight excluding hydrogens is 218 g/mol. The molecule has 1 aliphatic heterocycles. The van der Waals surface area contributed by atoms with Crippen LogP contribution in [-0.2, 0) is 11.3 Å². The summed E-state index contributed by atoms with van der Waals surface area (Å²) >= 11 is 0. The van der Waals surface area contributed by atoms with E-state index in [0.717, 1.165) is 6.42 Å². The molecule has 1 fully saturated rings. The van der Waals surface area contributed by atoms with Crippen LogP contribution in [0.1, 0.15) is 12.8 Å². The Hall–Kier alpha value is -1.62. The highest BCUT2D eigenvalue weighted by Gasteiger charge is 2.22. The van der Waals surface area contributed by atoms with Crippen LogP contribution in [0.2, 0.25) is 0 Å². The summed E-state index contributed by atoms with van der Waals surface area (Å²) < 4.78 is 1.60. The number of pyridine rings is 1. The zero-order valence-corrected chi connectivity index (χ0v) is 9.71. The smallest absolute Gasteiger partial charge is 0.250 e. The van der Waals surface area contributed by atoms with Crippen molar-refractivity contribution in [1.29, 1.82) is 0 Å². The Bertz CT molecular complexity index is 455. The number of nitrogens with zero attached hydrogens (tertiary/aromatic N) is 2. The SMILES string of the molecule is NC1CCC(=O)N(CCn2ccccc2=O)C1. The molecule has 2 N–H and O–H groups in total. The monoisotopic (exact) mass is 235 g/mol. The quantitative estimate of drug-likeness (QED) is 0.788. The van der Waals surface area contributed by atoms with Gasteiger partial charge in [-0.25, -0.2) is 0 Å². The van der Waals surface area contributed by atoms with Gasteiger partial charge in [0.15, 0.2) is 0 Å². The number of hydrogen-bond acceptors (Lipinski definition) is 3. The Morgan fingerprint density at radius 3 is 2.88 bits per heavy atom. The number of amides is 1. The lowest BCUT2D eigenvalue weighted by molar-refractivity contribution is -0.133. The molecule has 0 radical (unpaired) electrons. The van der Waals surface area contributed by atoms with Gasteiger partial charge in [-0.2, -0.15) is 0 Å². The summed E-state index contributed by atoms with van der Waals surface area (Å²) in [5, 5.41) is 0. The standard InChI is InChI=1S/C12H17N3O2/c13-10-4-5-12(17)15(9-10)8-7-14-6-2-1-3-11(14)16/h1-3,6,10H,4-5,7-9,13H2. The van der Waals surface area contributed by atoms with E-state index >= 15 is 0 Å². The van der Waals surface area contributed by atoms with Crippen molar-refractivity contribution in [3.63, 3.8) is 0 Å². The summed E-state index contributed by atoms with van der Waals surface area (Å²) in [7, 11) is 0. The first kappa shape index (κ1) is 11.9. The van der Waals surface area contributed by atoms with E-state index in [9.17, 15) is 9.59 Å². The fraction of sp³-hybridized carbons (Fsp3) is 0.500. The van der Waals surface area contributed by atoms with Crippen molar-refractivity contribution in [3.8, 4) is 0 Å². The second-order valence-electron chi connectivity index (χ2n) is 4.37. The second kappa shape index (κ2) is 5.14. The van der Waals surface area contributed by atoms with Crippen LogP contribution < -0.4 is 11.3 Å². The van der Waals surface area contributed by atoms with Crippen LogP contribution in [-0.4, -0.2) is 34.5 Å². The number of carbonyl (C=O) groups excluding carboxylic acids is 1. The van der Waals surface area contributed by atoms with Crippen molar-refractivity contribution in [3.05, 3.63) is 34.7 Å². The van der Waals surface area contributed by atoms with Gasteiger partial charge in [0.2, 0.25) is 5.91 Å². The largest absolute Gasteiger partial charge is 0.339 e. The van der Waals surface area contributed by atoms with Crippen LogP contribution >= 0.6 is 0 Å². The molecule has 0 aromatic carbocycles. The van der Waals surface area contributed by atoms with Gasteiger partial charge in [-0.3, -0.25) is 9.59 Å². The van der Waals surface area contributed by atoms with Crippen LogP contribution in [0.3, 0.4) is 0 Å². The molecule has 1 aromatic heterocycles. The maximum Gasteiger partial charge on any atom is 0.250 e. The number of hydrogen-bond donors (Lipinski definition) is 1. The van der Waals surface area contributed by atoms with E-state index in [4.69, 9.17) is 5.73 Å². The van der Waals surface area contributed by atoms with E-state index < -0.39 is 0 Å². The zero-order valence-electron chi connectivity index (χ0n) is 9.71. The summed E-state index contributed by atoms with van der Waals surface area (Å²) in [5.74, 6) is 0.135. The van der Waals surface area contributed by atoms with Crippen LogP contribution in [0.25, 0.3) is 0 Å². The van der Waals surface area contributed by atoms with Gasteiger partial charge in [0, 0.05) is 44.4 Å². The Balaban J connectivity index is 1.96. The molecule has 1 unspecified atom stereocenters. The number of piperidine rings is 1. The van der Waals surface area contributed by atoms with Gasteiger partial charge >= 0.3 is 0 Å². The Kier molecular flexibility index (Phi) is 3.58. The first-order chi connectivity index (χ1) is 8.16. The minimum atomic E-state index is -0.0405. The van der Waals surface area contributed by atoms with Crippen molar-refractivity contribution >= 4 is 5.91 Å². The molecule has 1 amide bonds. The van der Waals surface area contributed by atoms with E-state index in [1.165, 1.54) is 6.07 Å². The normalized spacial score (nSPS) is 20.6. The molecule has 0 aliphatic carbocycles. The number of carbonyl (C=O) groups is 1. The first-order valence-electron chi connectivity index (χ1n) is 5.85. The van der Waals surface area contributed by atoms with E-state index in [0.29, 0.717) is 26.1 Å².